The van der Waals surface area contributed by atoms with Crippen molar-refractivity contribution in [2.45, 2.75) is 52.0 Å². The quantitative estimate of drug-likeness (QED) is 0.848. The summed E-state index contributed by atoms with van der Waals surface area (Å²) in [6.45, 7) is 5.44. The van der Waals surface area contributed by atoms with Gasteiger partial charge < -0.3 is 10.1 Å². The molecule has 0 amide bonds. The zero-order valence-corrected chi connectivity index (χ0v) is 12.4. The highest BCUT2D eigenvalue weighted by molar-refractivity contribution is 5.31. The minimum Gasteiger partial charge on any atom is -0.495 e. The number of aromatic nitrogens is 1. The molecule has 0 aromatic carbocycles. The zero-order valence-electron chi connectivity index (χ0n) is 12.4. The number of nitrogens with one attached hydrogen (secondary N) is 1. The van der Waals surface area contributed by atoms with E-state index in [1.807, 2.05) is 18.3 Å². The molecule has 1 aliphatic carbocycles. The van der Waals surface area contributed by atoms with E-state index in [0.717, 1.165) is 18.0 Å². The van der Waals surface area contributed by atoms with Crippen molar-refractivity contribution in [3.05, 3.63) is 24.0 Å². The van der Waals surface area contributed by atoms with Crippen LogP contribution in [0.25, 0.3) is 0 Å². The molecule has 0 bridgehead atoms. The molecule has 1 atom stereocenters. The molecule has 2 rings (SSSR count). The van der Waals surface area contributed by atoms with Crippen LogP contribution in [0.1, 0.15) is 57.7 Å². The van der Waals surface area contributed by atoms with Gasteiger partial charge >= 0.3 is 0 Å². The fourth-order valence-electron chi connectivity index (χ4n) is 3.52. The molecule has 1 N–H and O–H groups in total. The second-order valence-electron chi connectivity index (χ2n) is 5.50. The summed E-state index contributed by atoms with van der Waals surface area (Å²) >= 11 is 0. The topological polar surface area (TPSA) is 34.2 Å². The van der Waals surface area contributed by atoms with Crippen molar-refractivity contribution in [1.29, 1.82) is 0 Å². The summed E-state index contributed by atoms with van der Waals surface area (Å²) in [5, 5.41) is 3.66. The van der Waals surface area contributed by atoms with E-state index in [4.69, 9.17) is 4.74 Å². The van der Waals surface area contributed by atoms with E-state index in [9.17, 15) is 0 Å². The highest BCUT2D eigenvalue weighted by atomic mass is 16.5. The molecule has 1 saturated carbocycles. The molecular weight excluding hydrogens is 236 g/mol. The predicted octanol–water partition coefficient (Wildman–Crippen LogP) is 3.71. The molecule has 0 radical (unpaired) electrons. The normalized spacial score (nSPS) is 19.3. The van der Waals surface area contributed by atoms with Crippen LogP contribution in [-0.4, -0.2) is 18.6 Å². The SMILES string of the molecule is CCNC(c1ncccc1OC)C1(CC)CCCC1. The average Bonchev–Trinajstić information content (AvgIpc) is 2.94. The van der Waals surface area contributed by atoms with Gasteiger partial charge in [-0.15, -0.1) is 0 Å². The van der Waals surface area contributed by atoms with Crippen LogP contribution in [0.5, 0.6) is 5.75 Å². The van der Waals surface area contributed by atoms with E-state index >= 15 is 0 Å². The lowest BCUT2D eigenvalue weighted by Crippen LogP contribution is -2.37. The summed E-state index contributed by atoms with van der Waals surface area (Å²) < 4.78 is 5.52. The summed E-state index contributed by atoms with van der Waals surface area (Å²) in [5.74, 6) is 0.910. The minimum absolute atomic E-state index is 0.307. The summed E-state index contributed by atoms with van der Waals surface area (Å²) in [4.78, 5) is 4.62. The Morgan fingerprint density at radius 1 is 1.37 bits per heavy atom. The summed E-state index contributed by atoms with van der Waals surface area (Å²) in [6, 6.07) is 4.27. The molecule has 0 aliphatic heterocycles. The van der Waals surface area contributed by atoms with Crippen LogP contribution in [0.4, 0.5) is 0 Å². The maximum Gasteiger partial charge on any atom is 0.142 e. The molecule has 1 fully saturated rings. The summed E-state index contributed by atoms with van der Waals surface area (Å²) in [5.41, 5.74) is 1.42. The number of hydrogen-bond acceptors (Lipinski definition) is 3. The summed E-state index contributed by atoms with van der Waals surface area (Å²) in [6.07, 6.45) is 8.34. The molecule has 1 aromatic heterocycles. The lowest BCUT2D eigenvalue weighted by Gasteiger charge is -2.37. The molecular formula is C16H26N2O. The van der Waals surface area contributed by atoms with Crippen LogP contribution in [0.2, 0.25) is 0 Å². The standard InChI is InChI=1S/C16H26N2O/c1-4-16(10-6-7-11-16)15(17-5-2)14-13(19-3)9-8-12-18-14/h8-9,12,15,17H,4-7,10-11H2,1-3H3. The fourth-order valence-corrected chi connectivity index (χ4v) is 3.52. The Morgan fingerprint density at radius 3 is 2.68 bits per heavy atom. The highest BCUT2D eigenvalue weighted by Crippen LogP contribution is 2.50. The maximum atomic E-state index is 5.52. The van der Waals surface area contributed by atoms with E-state index in [1.165, 1.54) is 32.1 Å². The van der Waals surface area contributed by atoms with Crippen LogP contribution in [0.15, 0.2) is 18.3 Å². The van der Waals surface area contributed by atoms with Crippen molar-refractivity contribution in [1.82, 2.24) is 10.3 Å². The van der Waals surface area contributed by atoms with Gasteiger partial charge in [0, 0.05) is 6.20 Å². The summed E-state index contributed by atoms with van der Waals surface area (Å²) in [7, 11) is 1.73. The largest absolute Gasteiger partial charge is 0.495 e. The average molecular weight is 262 g/mol. The van der Waals surface area contributed by atoms with Gasteiger partial charge in [-0.2, -0.15) is 0 Å². The molecule has 1 aromatic rings. The van der Waals surface area contributed by atoms with Gasteiger partial charge in [0.25, 0.3) is 0 Å². The van der Waals surface area contributed by atoms with E-state index in [1.54, 1.807) is 7.11 Å². The van der Waals surface area contributed by atoms with Crippen LogP contribution in [0, 0.1) is 5.41 Å². The Labute approximate surface area is 116 Å². The van der Waals surface area contributed by atoms with Crippen molar-refractivity contribution in [3.63, 3.8) is 0 Å². The molecule has 3 nitrogen and oxygen atoms in total. The van der Waals surface area contributed by atoms with Crippen LogP contribution >= 0.6 is 0 Å². The fraction of sp³-hybridized carbons (Fsp3) is 0.688. The van der Waals surface area contributed by atoms with Gasteiger partial charge in [-0.05, 0) is 43.4 Å². The van der Waals surface area contributed by atoms with Crippen molar-refractivity contribution in [2.75, 3.05) is 13.7 Å². The van der Waals surface area contributed by atoms with Crippen molar-refractivity contribution in [2.24, 2.45) is 5.41 Å². The molecule has 1 aliphatic rings. The van der Waals surface area contributed by atoms with Gasteiger partial charge in [0.1, 0.15) is 5.75 Å². The van der Waals surface area contributed by atoms with Crippen molar-refractivity contribution < 1.29 is 4.74 Å². The minimum atomic E-state index is 0.307. The van der Waals surface area contributed by atoms with Crippen LogP contribution in [0.3, 0.4) is 0 Å². The first-order chi connectivity index (χ1) is 9.27. The van der Waals surface area contributed by atoms with Gasteiger partial charge in [-0.1, -0.05) is 26.7 Å². The lowest BCUT2D eigenvalue weighted by molar-refractivity contribution is 0.181. The van der Waals surface area contributed by atoms with Crippen LogP contribution < -0.4 is 10.1 Å². The maximum absolute atomic E-state index is 5.52. The van der Waals surface area contributed by atoms with Crippen molar-refractivity contribution >= 4 is 0 Å². The first-order valence-electron chi connectivity index (χ1n) is 7.49. The number of nitrogens with zero attached hydrogens (tertiary/aromatic N) is 1. The monoisotopic (exact) mass is 262 g/mol. The number of hydrogen-bond donors (Lipinski definition) is 1. The smallest absolute Gasteiger partial charge is 0.142 e. The van der Waals surface area contributed by atoms with E-state index < -0.39 is 0 Å². The Balaban J connectivity index is 2.38. The van der Waals surface area contributed by atoms with E-state index in [2.05, 4.69) is 24.1 Å². The number of pyridine rings is 1. The molecule has 106 valence electrons. The second kappa shape index (κ2) is 6.38. The number of methoxy groups -OCH3 is 1. The van der Waals surface area contributed by atoms with E-state index in [0.29, 0.717) is 11.5 Å². The molecule has 1 unspecified atom stereocenters. The zero-order chi connectivity index (χ0) is 13.7. The molecule has 1 heterocycles. The van der Waals surface area contributed by atoms with E-state index in [-0.39, 0.29) is 0 Å². The Morgan fingerprint density at radius 2 is 2.11 bits per heavy atom. The first kappa shape index (κ1) is 14.3. The third kappa shape index (κ3) is 2.76. The second-order valence-corrected chi connectivity index (χ2v) is 5.50. The van der Waals surface area contributed by atoms with Gasteiger partial charge in [0.05, 0.1) is 18.8 Å². The Bertz CT molecular complexity index is 399. The van der Waals surface area contributed by atoms with Gasteiger partial charge in [0.15, 0.2) is 0 Å². The third-order valence-electron chi connectivity index (χ3n) is 4.62. The molecule has 19 heavy (non-hydrogen) atoms. The number of rotatable bonds is 6. The van der Waals surface area contributed by atoms with Crippen molar-refractivity contribution in [3.8, 4) is 5.75 Å². The lowest BCUT2D eigenvalue weighted by atomic mass is 9.74. The Hall–Kier alpha value is -1.09. The van der Waals surface area contributed by atoms with Gasteiger partial charge in [0.2, 0.25) is 0 Å². The van der Waals surface area contributed by atoms with Gasteiger partial charge in [-0.25, -0.2) is 0 Å². The molecule has 3 heteroatoms. The highest BCUT2D eigenvalue weighted by Gasteiger charge is 2.41. The Kier molecular flexibility index (Phi) is 4.81. The van der Waals surface area contributed by atoms with Crippen LogP contribution in [-0.2, 0) is 0 Å². The molecule has 0 saturated heterocycles. The third-order valence-corrected chi connectivity index (χ3v) is 4.62. The first-order valence-corrected chi connectivity index (χ1v) is 7.49. The predicted molar refractivity (Wildman–Crippen MR) is 78.4 cm³/mol. The number of ether oxygens (including phenoxy) is 1. The molecule has 0 spiro atoms. The van der Waals surface area contributed by atoms with Gasteiger partial charge in [-0.3, -0.25) is 4.98 Å².